The number of alkyl halides is 3. The molecule has 2 aromatic carbocycles. The molecule has 0 heterocycles. The van der Waals surface area contributed by atoms with E-state index >= 15 is 0 Å². The average molecular weight is 437 g/mol. The van der Waals surface area contributed by atoms with Crippen LogP contribution in [0.25, 0.3) is 0 Å². The van der Waals surface area contributed by atoms with Crippen molar-refractivity contribution < 1.29 is 4.79 Å². The zero-order valence-corrected chi connectivity index (χ0v) is 15.8. The van der Waals surface area contributed by atoms with Crippen molar-refractivity contribution in [2.24, 2.45) is 0 Å². The predicted octanol–water partition coefficient (Wildman–Crippen LogP) is 4.67. The first-order chi connectivity index (χ1) is 10.9. The summed E-state index contributed by atoms with van der Waals surface area (Å²) in [5.74, 6) is -0.325. The summed E-state index contributed by atoms with van der Waals surface area (Å²) in [5, 5.41) is 5.75. The van der Waals surface area contributed by atoms with Crippen LogP contribution in [0.5, 0.6) is 0 Å². The standard InChI is InChI=1S/C16H14BrCl3N2O/c17-13-8-6-12(7-9-13)14(23)22-15(16(18,19)20)21-10-11-4-2-1-3-5-11/h1-9,15,21H,10H2,(H,22,23)/t15-/m0/s1. The lowest BCUT2D eigenvalue weighted by molar-refractivity contribution is 0.0929. The van der Waals surface area contributed by atoms with E-state index in [1.165, 1.54) is 0 Å². The van der Waals surface area contributed by atoms with Crippen molar-refractivity contribution in [2.45, 2.75) is 16.5 Å². The molecule has 0 bridgehead atoms. The molecule has 1 atom stereocenters. The van der Waals surface area contributed by atoms with Gasteiger partial charge in [-0.05, 0) is 29.8 Å². The highest BCUT2D eigenvalue weighted by atomic mass is 79.9. The summed E-state index contributed by atoms with van der Waals surface area (Å²) in [5.41, 5.74) is 1.50. The molecule has 7 heteroatoms. The molecule has 0 aliphatic heterocycles. The Morgan fingerprint density at radius 1 is 1.04 bits per heavy atom. The Kier molecular flexibility index (Phi) is 6.74. The second kappa shape index (κ2) is 8.36. The number of hydrogen-bond acceptors (Lipinski definition) is 2. The van der Waals surface area contributed by atoms with E-state index in [1.54, 1.807) is 24.3 Å². The van der Waals surface area contributed by atoms with Crippen LogP contribution in [0.1, 0.15) is 15.9 Å². The molecule has 0 radical (unpaired) electrons. The molecule has 1 amide bonds. The van der Waals surface area contributed by atoms with Gasteiger partial charge < -0.3 is 5.32 Å². The number of carbonyl (C=O) groups is 1. The smallest absolute Gasteiger partial charge is 0.252 e. The van der Waals surface area contributed by atoms with Crippen LogP contribution in [-0.4, -0.2) is 15.9 Å². The number of rotatable bonds is 5. The Morgan fingerprint density at radius 2 is 1.65 bits per heavy atom. The van der Waals surface area contributed by atoms with Crippen LogP contribution in [0.15, 0.2) is 59.1 Å². The van der Waals surface area contributed by atoms with Gasteiger partial charge in [-0.3, -0.25) is 10.1 Å². The van der Waals surface area contributed by atoms with E-state index < -0.39 is 9.96 Å². The van der Waals surface area contributed by atoms with Gasteiger partial charge in [0.15, 0.2) is 0 Å². The highest BCUT2D eigenvalue weighted by molar-refractivity contribution is 9.10. The fourth-order valence-corrected chi connectivity index (χ4v) is 2.54. The SMILES string of the molecule is O=C(N[C@H](NCc1ccccc1)C(Cl)(Cl)Cl)c1ccc(Br)cc1. The van der Waals surface area contributed by atoms with E-state index in [-0.39, 0.29) is 5.91 Å². The number of amides is 1. The normalized spacial score (nSPS) is 12.7. The lowest BCUT2D eigenvalue weighted by atomic mass is 10.2. The largest absolute Gasteiger partial charge is 0.333 e. The van der Waals surface area contributed by atoms with E-state index in [0.29, 0.717) is 12.1 Å². The molecule has 2 rings (SSSR count). The van der Waals surface area contributed by atoms with Crippen molar-refractivity contribution in [1.82, 2.24) is 10.6 Å². The van der Waals surface area contributed by atoms with Gasteiger partial charge in [0.1, 0.15) is 6.17 Å². The summed E-state index contributed by atoms with van der Waals surface area (Å²) >= 11 is 21.2. The third-order valence-electron chi connectivity index (χ3n) is 3.06. The first kappa shape index (κ1) is 18.6. The predicted molar refractivity (Wildman–Crippen MR) is 99.0 cm³/mol. The second-order valence-electron chi connectivity index (χ2n) is 4.82. The van der Waals surface area contributed by atoms with Crippen LogP contribution in [0.2, 0.25) is 0 Å². The Bertz CT molecular complexity index is 645. The summed E-state index contributed by atoms with van der Waals surface area (Å²) in [6.07, 6.45) is -0.830. The van der Waals surface area contributed by atoms with Crippen LogP contribution in [-0.2, 0) is 6.54 Å². The van der Waals surface area contributed by atoms with Gasteiger partial charge in [0, 0.05) is 16.6 Å². The van der Waals surface area contributed by atoms with Crippen molar-refractivity contribution in [3.63, 3.8) is 0 Å². The second-order valence-corrected chi connectivity index (χ2v) is 8.11. The van der Waals surface area contributed by atoms with Crippen molar-refractivity contribution in [1.29, 1.82) is 0 Å². The molecule has 0 fully saturated rings. The van der Waals surface area contributed by atoms with Gasteiger partial charge in [-0.2, -0.15) is 0 Å². The molecule has 0 spiro atoms. The van der Waals surface area contributed by atoms with Gasteiger partial charge in [-0.25, -0.2) is 0 Å². The maximum atomic E-state index is 12.3. The topological polar surface area (TPSA) is 41.1 Å². The number of halogens is 4. The number of nitrogens with one attached hydrogen (secondary N) is 2. The van der Waals surface area contributed by atoms with Gasteiger partial charge in [0.25, 0.3) is 5.91 Å². The van der Waals surface area contributed by atoms with Crippen LogP contribution in [0.4, 0.5) is 0 Å². The van der Waals surface area contributed by atoms with E-state index in [1.807, 2.05) is 30.3 Å². The zero-order valence-electron chi connectivity index (χ0n) is 11.9. The Hall–Kier alpha value is -0.780. The van der Waals surface area contributed by atoms with Crippen molar-refractivity contribution >= 4 is 56.6 Å². The first-order valence-corrected chi connectivity index (χ1v) is 8.69. The summed E-state index contributed by atoms with van der Waals surface area (Å²) in [4.78, 5) is 12.3. The fourth-order valence-electron chi connectivity index (χ4n) is 1.88. The molecule has 2 aromatic rings. The van der Waals surface area contributed by atoms with Gasteiger partial charge in [-0.15, -0.1) is 0 Å². The lowest BCUT2D eigenvalue weighted by Crippen LogP contribution is -2.53. The van der Waals surface area contributed by atoms with Crippen LogP contribution < -0.4 is 10.6 Å². The lowest BCUT2D eigenvalue weighted by Gasteiger charge is -2.26. The first-order valence-electron chi connectivity index (χ1n) is 6.77. The highest BCUT2D eigenvalue weighted by Gasteiger charge is 2.33. The highest BCUT2D eigenvalue weighted by Crippen LogP contribution is 2.29. The van der Waals surface area contributed by atoms with E-state index in [0.717, 1.165) is 10.0 Å². The molecule has 2 N–H and O–H groups in total. The van der Waals surface area contributed by atoms with Gasteiger partial charge >= 0.3 is 0 Å². The molecule has 0 aliphatic carbocycles. The molecule has 23 heavy (non-hydrogen) atoms. The monoisotopic (exact) mass is 434 g/mol. The van der Waals surface area contributed by atoms with Gasteiger partial charge in [0.05, 0.1) is 0 Å². The molecule has 0 aromatic heterocycles. The van der Waals surface area contributed by atoms with Crippen LogP contribution in [0.3, 0.4) is 0 Å². The molecule has 122 valence electrons. The van der Waals surface area contributed by atoms with E-state index in [4.69, 9.17) is 34.8 Å². The van der Waals surface area contributed by atoms with Crippen molar-refractivity contribution in [3.05, 3.63) is 70.2 Å². The molecule has 3 nitrogen and oxygen atoms in total. The zero-order chi connectivity index (χ0) is 16.9. The summed E-state index contributed by atoms with van der Waals surface area (Å²) in [6, 6.07) is 16.6. The third kappa shape index (κ3) is 5.98. The minimum atomic E-state index is -1.68. The number of carbonyl (C=O) groups excluding carboxylic acids is 1. The number of hydrogen-bond donors (Lipinski definition) is 2. The minimum absolute atomic E-state index is 0.325. The number of benzene rings is 2. The molecule has 0 unspecified atom stereocenters. The minimum Gasteiger partial charge on any atom is -0.333 e. The maximum absolute atomic E-state index is 12.3. The molecule has 0 saturated heterocycles. The van der Waals surface area contributed by atoms with Gasteiger partial charge in [-0.1, -0.05) is 81.1 Å². The van der Waals surface area contributed by atoms with Crippen molar-refractivity contribution in [2.75, 3.05) is 0 Å². The van der Waals surface area contributed by atoms with Crippen LogP contribution >= 0.6 is 50.7 Å². The molecule has 0 aliphatic rings. The van der Waals surface area contributed by atoms with Crippen molar-refractivity contribution in [3.8, 4) is 0 Å². The summed E-state index contributed by atoms with van der Waals surface area (Å²) in [6.45, 7) is 0.458. The Balaban J connectivity index is 2.04. The average Bonchev–Trinajstić information content (AvgIpc) is 2.51. The van der Waals surface area contributed by atoms with E-state index in [9.17, 15) is 4.79 Å². The maximum Gasteiger partial charge on any atom is 0.252 e. The van der Waals surface area contributed by atoms with E-state index in [2.05, 4.69) is 26.6 Å². The van der Waals surface area contributed by atoms with Gasteiger partial charge in [0.2, 0.25) is 3.79 Å². The summed E-state index contributed by atoms with van der Waals surface area (Å²) < 4.78 is -0.797. The third-order valence-corrected chi connectivity index (χ3v) is 4.25. The Labute approximate surface area is 158 Å². The molecular weight excluding hydrogens is 422 g/mol. The fraction of sp³-hybridized carbons (Fsp3) is 0.188. The quantitative estimate of drug-likeness (QED) is 0.529. The summed E-state index contributed by atoms with van der Waals surface area (Å²) in [7, 11) is 0. The molecule has 0 saturated carbocycles. The Morgan fingerprint density at radius 3 is 2.22 bits per heavy atom. The van der Waals surface area contributed by atoms with Crippen LogP contribution in [0, 0.1) is 0 Å². The molecular formula is C16H14BrCl3N2O.